The Morgan fingerprint density at radius 3 is 2.83 bits per heavy atom. The number of carbonyl (C=O) groups is 1. The number of hydrogen-bond acceptors (Lipinski definition) is 5. The van der Waals surface area contributed by atoms with E-state index in [1.165, 1.54) is 0 Å². The third-order valence-electron chi connectivity index (χ3n) is 3.60. The van der Waals surface area contributed by atoms with Crippen molar-refractivity contribution < 1.29 is 14.3 Å². The van der Waals surface area contributed by atoms with Gasteiger partial charge in [-0.2, -0.15) is 0 Å². The summed E-state index contributed by atoms with van der Waals surface area (Å²) in [5.74, 6) is 0.432. The number of esters is 1. The first kappa shape index (κ1) is 15.8. The molecule has 2 aromatic carbocycles. The van der Waals surface area contributed by atoms with Crippen LogP contribution in [0.4, 0.5) is 11.4 Å². The minimum absolute atomic E-state index is 0.331. The van der Waals surface area contributed by atoms with Crippen LogP contribution >= 0.6 is 0 Å². The zero-order chi connectivity index (χ0) is 16.9. The molecule has 0 aliphatic rings. The Hall–Kier alpha value is -3.08. The third kappa shape index (κ3) is 3.30. The summed E-state index contributed by atoms with van der Waals surface area (Å²) in [7, 11) is 1.63. The molecule has 0 aliphatic heterocycles. The van der Waals surface area contributed by atoms with E-state index in [1.807, 2.05) is 36.4 Å². The Bertz CT molecular complexity index is 877. The van der Waals surface area contributed by atoms with Crippen molar-refractivity contribution in [1.29, 1.82) is 0 Å². The van der Waals surface area contributed by atoms with Crippen molar-refractivity contribution in [2.24, 2.45) is 0 Å². The fraction of sp³-hybridized carbons (Fsp3) is 0.158. The summed E-state index contributed by atoms with van der Waals surface area (Å²) < 4.78 is 10.3. The van der Waals surface area contributed by atoms with Crippen LogP contribution in [0, 0.1) is 0 Å². The molecule has 0 amide bonds. The smallest absolute Gasteiger partial charge is 0.338 e. The summed E-state index contributed by atoms with van der Waals surface area (Å²) >= 11 is 0. The van der Waals surface area contributed by atoms with E-state index in [-0.39, 0.29) is 5.97 Å². The highest BCUT2D eigenvalue weighted by Crippen LogP contribution is 2.28. The quantitative estimate of drug-likeness (QED) is 0.715. The van der Waals surface area contributed by atoms with E-state index in [0.29, 0.717) is 12.2 Å². The Morgan fingerprint density at radius 2 is 2.04 bits per heavy atom. The van der Waals surface area contributed by atoms with E-state index in [0.717, 1.165) is 28.0 Å². The van der Waals surface area contributed by atoms with Crippen molar-refractivity contribution in [1.82, 2.24) is 4.98 Å². The molecule has 5 nitrogen and oxygen atoms in total. The van der Waals surface area contributed by atoms with Gasteiger partial charge in [-0.15, -0.1) is 0 Å². The van der Waals surface area contributed by atoms with Crippen molar-refractivity contribution >= 4 is 28.2 Å². The normalized spacial score (nSPS) is 10.4. The van der Waals surface area contributed by atoms with Crippen molar-refractivity contribution in [2.45, 2.75) is 6.92 Å². The van der Waals surface area contributed by atoms with Crippen LogP contribution in [0.15, 0.2) is 54.7 Å². The maximum atomic E-state index is 11.9. The van der Waals surface area contributed by atoms with Crippen molar-refractivity contribution in [3.8, 4) is 5.75 Å². The van der Waals surface area contributed by atoms with E-state index in [2.05, 4.69) is 10.3 Å². The molecule has 1 heterocycles. The number of benzene rings is 2. The van der Waals surface area contributed by atoms with Gasteiger partial charge >= 0.3 is 5.97 Å². The lowest BCUT2D eigenvalue weighted by Crippen LogP contribution is -2.05. The Balaban J connectivity index is 1.95. The molecule has 0 saturated heterocycles. The topological polar surface area (TPSA) is 60.5 Å². The minimum Gasteiger partial charge on any atom is -0.497 e. The molecule has 1 N–H and O–H groups in total. The number of nitrogens with zero attached hydrogens (tertiary/aromatic N) is 1. The maximum Gasteiger partial charge on any atom is 0.338 e. The fourth-order valence-corrected chi connectivity index (χ4v) is 2.46. The van der Waals surface area contributed by atoms with Crippen LogP contribution in [0.2, 0.25) is 0 Å². The summed E-state index contributed by atoms with van der Waals surface area (Å²) in [5, 5.41) is 4.28. The fourth-order valence-electron chi connectivity index (χ4n) is 2.46. The molecule has 0 saturated carbocycles. The molecule has 1 aromatic heterocycles. The monoisotopic (exact) mass is 322 g/mol. The highest BCUT2D eigenvalue weighted by Gasteiger charge is 2.08. The summed E-state index contributed by atoms with van der Waals surface area (Å²) in [6, 6.07) is 14.8. The first-order valence-electron chi connectivity index (χ1n) is 7.68. The van der Waals surface area contributed by atoms with Crippen LogP contribution in [0.25, 0.3) is 10.9 Å². The van der Waals surface area contributed by atoms with Crippen molar-refractivity contribution in [3.63, 3.8) is 0 Å². The SMILES string of the molecule is CCOC(=O)c1cccc(Nc2ccnc3ccc(OC)cc23)c1. The van der Waals surface area contributed by atoms with Gasteiger partial charge in [-0.3, -0.25) is 4.98 Å². The first-order valence-corrected chi connectivity index (χ1v) is 7.68. The van der Waals surface area contributed by atoms with Crippen LogP contribution < -0.4 is 10.1 Å². The van der Waals surface area contributed by atoms with E-state index >= 15 is 0 Å². The number of ether oxygens (including phenoxy) is 2. The number of nitrogens with one attached hydrogen (secondary N) is 1. The Kier molecular flexibility index (Phi) is 4.61. The van der Waals surface area contributed by atoms with Crippen LogP contribution in [0.1, 0.15) is 17.3 Å². The van der Waals surface area contributed by atoms with E-state index in [4.69, 9.17) is 9.47 Å². The molecule has 3 aromatic rings. The Labute approximate surface area is 140 Å². The number of pyridine rings is 1. The largest absolute Gasteiger partial charge is 0.497 e. The second kappa shape index (κ2) is 7.00. The lowest BCUT2D eigenvalue weighted by molar-refractivity contribution is 0.0526. The average Bonchev–Trinajstić information content (AvgIpc) is 2.62. The molecule has 5 heteroatoms. The summed E-state index contributed by atoms with van der Waals surface area (Å²) in [5.41, 5.74) is 3.07. The van der Waals surface area contributed by atoms with Gasteiger partial charge in [0.2, 0.25) is 0 Å². The number of anilines is 2. The molecule has 0 aliphatic carbocycles. The summed E-state index contributed by atoms with van der Waals surface area (Å²) in [6.45, 7) is 2.14. The van der Waals surface area contributed by atoms with Crippen LogP contribution in [-0.2, 0) is 4.74 Å². The van der Waals surface area contributed by atoms with Gasteiger partial charge in [0.1, 0.15) is 5.75 Å². The van der Waals surface area contributed by atoms with E-state index < -0.39 is 0 Å². The molecular weight excluding hydrogens is 304 g/mol. The van der Waals surface area contributed by atoms with Gasteiger partial charge in [-0.1, -0.05) is 6.07 Å². The molecule has 0 radical (unpaired) electrons. The molecule has 24 heavy (non-hydrogen) atoms. The number of carbonyl (C=O) groups excluding carboxylic acids is 1. The molecule has 122 valence electrons. The number of rotatable bonds is 5. The standard InChI is InChI=1S/C19H18N2O3/c1-3-24-19(22)13-5-4-6-14(11-13)21-18-9-10-20-17-8-7-15(23-2)12-16(17)18/h4-12H,3H2,1-2H3,(H,20,21). The van der Waals surface area contributed by atoms with Crippen molar-refractivity contribution in [2.75, 3.05) is 19.0 Å². The second-order valence-corrected chi connectivity index (χ2v) is 5.17. The summed E-state index contributed by atoms with van der Waals surface area (Å²) in [4.78, 5) is 16.2. The lowest BCUT2D eigenvalue weighted by atomic mass is 10.1. The maximum absolute atomic E-state index is 11.9. The van der Waals surface area contributed by atoms with Gasteiger partial charge in [-0.25, -0.2) is 4.79 Å². The van der Waals surface area contributed by atoms with E-state index in [1.54, 1.807) is 32.4 Å². The van der Waals surface area contributed by atoms with Gasteiger partial charge in [0.15, 0.2) is 0 Å². The average molecular weight is 322 g/mol. The van der Waals surface area contributed by atoms with Crippen LogP contribution in [0.3, 0.4) is 0 Å². The molecule has 0 unspecified atom stereocenters. The van der Waals surface area contributed by atoms with Gasteiger partial charge in [0, 0.05) is 23.0 Å². The van der Waals surface area contributed by atoms with Gasteiger partial charge < -0.3 is 14.8 Å². The highest BCUT2D eigenvalue weighted by molar-refractivity contribution is 5.95. The predicted molar refractivity (Wildman–Crippen MR) is 94.0 cm³/mol. The second-order valence-electron chi connectivity index (χ2n) is 5.17. The highest BCUT2D eigenvalue weighted by atomic mass is 16.5. The lowest BCUT2D eigenvalue weighted by Gasteiger charge is -2.11. The molecular formula is C19H18N2O3. The molecule has 0 fully saturated rings. The number of methoxy groups -OCH3 is 1. The first-order chi connectivity index (χ1) is 11.7. The number of hydrogen-bond donors (Lipinski definition) is 1. The van der Waals surface area contributed by atoms with Crippen LogP contribution in [-0.4, -0.2) is 24.7 Å². The minimum atomic E-state index is -0.331. The predicted octanol–water partition coefficient (Wildman–Crippen LogP) is 4.16. The number of fused-ring (bicyclic) bond motifs is 1. The summed E-state index contributed by atoms with van der Waals surface area (Å²) in [6.07, 6.45) is 1.74. The van der Waals surface area contributed by atoms with Crippen LogP contribution in [0.5, 0.6) is 5.75 Å². The zero-order valence-corrected chi connectivity index (χ0v) is 13.6. The zero-order valence-electron chi connectivity index (χ0n) is 13.6. The molecule has 0 atom stereocenters. The molecule has 0 spiro atoms. The van der Waals surface area contributed by atoms with Gasteiger partial charge in [-0.05, 0) is 49.4 Å². The van der Waals surface area contributed by atoms with Crippen molar-refractivity contribution in [3.05, 3.63) is 60.3 Å². The molecule has 0 bridgehead atoms. The Morgan fingerprint density at radius 1 is 1.17 bits per heavy atom. The molecule has 3 rings (SSSR count). The third-order valence-corrected chi connectivity index (χ3v) is 3.60. The van der Waals surface area contributed by atoms with Gasteiger partial charge in [0.05, 0.1) is 24.8 Å². The van der Waals surface area contributed by atoms with Gasteiger partial charge in [0.25, 0.3) is 0 Å². The van der Waals surface area contributed by atoms with E-state index in [9.17, 15) is 4.79 Å². The number of aromatic nitrogens is 1.